The summed E-state index contributed by atoms with van der Waals surface area (Å²) in [5.41, 5.74) is -1.08. The van der Waals surface area contributed by atoms with Gasteiger partial charge in [0.2, 0.25) is 5.82 Å². The van der Waals surface area contributed by atoms with E-state index in [-0.39, 0.29) is 36.0 Å². The summed E-state index contributed by atoms with van der Waals surface area (Å²) >= 11 is 0. The summed E-state index contributed by atoms with van der Waals surface area (Å²) in [5.74, 6) is 0.0273. The number of benzene rings is 1. The molecule has 172 valence electrons. The minimum Gasteiger partial charge on any atom is -0.458 e. The van der Waals surface area contributed by atoms with E-state index in [1.807, 2.05) is 0 Å². The van der Waals surface area contributed by atoms with Gasteiger partial charge in [-0.25, -0.2) is 9.97 Å². The Morgan fingerprint density at radius 1 is 1.31 bits per heavy atom. The highest BCUT2D eigenvalue weighted by Gasteiger charge is 2.33. The zero-order chi connectivity index (χ0) is 23.1. The van der Waals surface area contributed by atoms with Crippen LogP contribution in [0, 0.1) is 16.0 Å². The zero-order valence-electron chi connectivity index (χ0n) is 17.0. The Bertz CT molecular complexity index is 951. The number of halogens is 3. The van der Waals surface area contributed by atoms with E-state index in [1.165, 1.54) is 12.1 Å². The van der Waals surface area contributed by atoms with Gasteiger partial charge in [0.15, 0.2) is 11.8 Å². The van der Waals surface area contributed by atoms with E-state index >= 15 is 0 Å². The Labute approximate surface area is 181 Å². The molecule has 0 saturated carbocycles. The molecule has 0 radical (unpaired) electrons. The average Bonchev–Trinajstić information content (AvgIpc) is 2.77. The largest absolute Gasteiger partial charge is 0.458 e. The van der Waals surface area contributed by atoms with E-state index in [9.17, 15) is 28.1 Å². The molecule has 1 saturated heterocycles. The summed E-state index contributed by atoms with van der Waals surface area (Å²) in [6.07, 6.45) is -2.31. The Morgan fingerprint density at radius 2 is 2.06 bits per heavy atom. The molecule has 1 aliphatic heterocycles. The van der Waals surface area contributed by atoms with E-state index in [1.54, 1.807) is 0 Å². The van der Waals surface area contributed by atoms with Gasteiger partial charge in [-0.3, -0.25) is 14.9 Å². The molecule has 0 amide bonds. The third-order valence-corrected chi connectivity index (χ3v) is 5.28. The Balaban J connectivity index is 1.85. The number of carbonyl (C=O) groups is 1. The number of aromatic nitrogens is 2. The average molecular weight is 453 g/mol. The van der Waals surface area contributed by atoms with Crippen LogP contribution in [0.2, 0.25) is 0 Å². The van der Waals surface area contributed by atoms with Crippen molar-refractivity contribution in [1.29, 1.82) is 0 Å². The third-order valence-electron chi connectivity index (χ3n) is 5.28. The van der Waals surface area contributed by atoms with Crippen LogP contribution in [-0.4, -0.2) is 34.5 Å². The van der Waals surface area contributed by atoms with E-state index in [2.05, 4.69) is 20.6 Å². The first-order chi connectivity index (χ1) is 15.3. The molecule has 1 aromatic heterocycles. The number of nitrogens with one attached hydrogen (secondary N) is 2. The molecule has 9 nitrogen and oxygen atoms in total. The smallest absolute Gasteiger partial charge is 0.416 e. The summed E-state index contributed by atoms with van der Waals surface area (Å²) in [7, 11) is 0. The Kier molecular flexibility index (Phi) is 7.57. The Hall–Kier alpha value is -3.28. The van der Waals surface area contributed by atoms with E-state index in [0.29, 0.717) is 6.42 Å². The van der Waals surface area contributed by atoms with E-state index in [0.717, 1.165) is 44.4 Å². The fraction of sp³-hybridized carbons (Fsp3) is 0.450. The van der Waals surface area contributed by atoms with Crippen LogP contribution in [0.5, 0.6) is 0 Å². The number of piperidine rings is 1. The zero-order valence-corrected chi connectivity index (χ0v) is 17.0. The molecule has 32 heavy (non-hydrogen) atoms. The van der Waals surface area contributed by atoms with Gasteiger partial charge in [-0.05, 0) is 56.0 Å². The Morgan fingerprint density at radius 3 is 2.72 bits per heavy atom. The van der Waals surface area contributed by atoms with E-state index < -0.39 is 28.5 Å². The molecule has 12 heteroatoms. The molecule has 1 fully saturated rings. The highest BCUT2D eigenvalue weighted by Crippen LogP contribution is 2.36. The lowest BCUT2D eigenvalue weighted by Crippen LogP contribution is -2.29. The topological polar surface area (TPSA) is 119 Å². The fourth-order valence-electron chi connectivity index (χ4n) is 3.70. The minimum atomic E-state index is -4.50. The van der Waals surface area contributed by atoms with Crippen LogP contribution >= 0.6 is 0 Å². The van der Waals surface area contributed by atoms with Crippen molar-refractivity contribution in [3.8, 4) is 0 Å². The van der Waals surface area contributed by atoms with Gasteiger partial charge in [-0.2, -0.15) is 13.2 Å². The normalized spacial score (nSPS) is 15.7. The van der Waals surface area contributed by atoms with Crippen LogP contribution in [0.25, 0.3) is 0 Å². The van der Waals surface area contributed by atoms with Gasteiger partial charge in [0.25, 0.3) is 6.47 Å². The summed E-state index contributed by atoms with van der Waals surface area (Å²) in [6, 6.07) is 4.62. The molecule has 0 aliphatic carbocycles. The maximum absolute atomic E-state index is 12.9. The number of nitro groups is 1. The van der Waals surface area contributed by atoms with Crippen molar-refractivity contribution in [2.75, 3.05) is 18.4 Å². The number of rotatable bonds is 9. The molecule has 2 N–H and O–H groups in total. The molecule has 2 heterocycles. The number of ether oxygens (including phenoxy) is 1. The van der Waals surface area contributed by atoms with Crippen molar-refractivity contribution in [2.24, 2.45) is 5.92 Å². The van der Waals surface area contributed by atoms with Crippen molar-refractivity contribution in [1.82, 2.24) is 15.3 Å². The quantitative estimate of drug-likeness (QED) is 0.336. The molecule has 1 atom stereocenters. The van der Waals surface area contributed by atoms with E-state index in [4.69, 9.17) is 4.74 Å². The number of anilines is 1. The summed E-state index contributed by atoms with van der Waals surface area (Å²) < 4.78 is 43.9. The monoisotopic (exact) mass is 453 g/mol. The van der Waals surface area contributed by atoms with Gasteiger partial charge in [-0.15, -0.1) is 0 Å². The van der Waals surface area contributed by atoms with Crippen molar-refractivity contribution in [3.05, 3.63) is 57.5 Å². The lowest BCUT2D eigenvalue weighted by Gasteiger charge is -2.25. The number of hydrogen-bond donors (Lipinski definition) is 2. The standard InChI is InChI=1S/C20H22F3N5O4/c21-20(22,23)15-3-1-2-14(8-15)10-25-19-18(28(30)31)17(26-11-27-19)16(32-12-29)9-13-4-6-24-7-5-13/h1-3,8,11-13,16,24H,4-7,9-10H2,(H,25,26,27). The highest BCUT2D eigenvalue weighted by molar-refractivity contribution is 5.59. The van der Waals surface area contributed by atoms with Crippen LogP contribution in [0.3, 0.4) is 0 Å². The number of alkyl halides is 3. The van der Waals surface area contributed by atoms with Gasteiger partial charge in [-0.1, -0.05) is 12.1 Å². The van der Waals surface area contributed by atoms with Crippen LogP contribution in [0.4, 0.5) is 24.7 Å². The predicted octanol–water partition coefficient (Wildman–Crippen LogP) is 3.62. The SMILES string of the molecule is O=COC(CC1CCNCC1)c1ncnc(NCc2cccc(C(F)(F)F)c2)c1[N+](=O)[O-]. The van der Waals surface area contributed by atoms with Crippen molar-refractivity contribution < 1.29 is 27.6 Å². The molecule has 0 spiro atoms. The lowest BCUT2D eigenvalue weighted by atomic mass is 9.90. The lowest BCUT2D eigenvalue weighted by molar-refractivity contribution is -0.385. The van der Waals surface area contributed by atoms with Crippen molar-refractivity contribution >= 4 is 18.0 Å². The third kappa shape index (κ3) is 5.90. The predicted molar refractivity (Wildman–Crippen MR) is 108 cm³/mol. The fourth-order valence-corrected chi connectivity index (χ4v) is 3.70. The first-order valence-electron chi connectivity index (χ1n) is 9.98. The summed E-state index contributed by atoms with van der Waals surface area (Å²) in [6.45, 7) is 1.70. The maximum Gasteiger partial charge on any atom is 0.416 e. The van der Waals surface area contributed by atoms with Gasteiger partial charge < -0.3 is 15.4 Å². The molecular formula is C20H22F3N5O4. The van der Waals surface area contributed by atoms with Crippen molar-refractivity contribution in [2.45, 2.75) is 38.1 Å². The molecule has 1 aromatic carbocycles. The van der Waals surface area contributed by atoms with Crippen molar-refractivity contribution in [3.63, 3.8) is 0 Å². The molecule has 0 bridgehead atoms. The van der Waals surface area contributed by atoms with Gasteiger partial charge in [0.05, 0.1) is 10.5 Å². The first-order valence-corrected chi connectivity index (χ1v) is 9.98. The van der Waals surface area contributed by atoms with Crippen LogP contribution in [0.1, 0.15) is 42.2 Å². The van der Waals surface area contributed by atoms with Gasteiger partial charge in [0, 0.05) is 6.54 Å². The van der Waals surface area contributed by atoms with Gasteiger partial charge >= 0.3 is 11.9 Å². The highest BCUT2D eigenvalue weighted by atomic mass is 19.4. The molecular weight excluding hydrogens is 431 g/mol. The minimum absolute atomic E-state index is 0.0535. The number of hydrogen-bond acceptors (Lipinski definition) is 8. The second kappa shape index (κ2) is 10.4. The first kappa shape index (κ1) is 23.4. The van der Waals surface area contributed by atoms with Gasteiger partial charge in [0.1, 0.15) is 6.33 Å². The second-order valence-corrected chi connectivity index (χ2v) is 7.41. The number of nitrogens with zero attached hydrogens (tertiary/aromatic N) is 3. The maximum atomic E-state index is 12.9. The summed E-state index contributed by atoms with van der Waals surface area (Å²) in [4.78, 5) is 30.1. The molecule has 1 aliphatic rings. The second-order valence-electron chi connectivity index (χ2n) is 7.41. The van der Waals surface area contributed by atoms with Crippen LogP contribution in [0.15, 0.2) is 30.6 Å². The number of carbonyl (C=O) groups excluding carboxylic acids is 1. The molecule has 1 unspecified atom stereocenters. The van der Waals surface area contributed by atoms with Crippen LogP contribution < -0.4 is 10.6 Å². The molecule has 3 rings (SSSR count). The van der Waals surface area contributed by atoms with Crippen LogP contribution in [-0.2, 0) is 22.3 Å². The molecule has 2 aromatic rings. The summed E-state index contributed by atoms with van der Waals surface area (Å²) in [5, 5.41) is 17.8.